The summed E-state index contributed by atoms with van der Waals surface area (Å²) in [6.45, 7) is 12.7. The van der Waals surface area contributed by atoms with E-state index in [9.17, 15) is 9.59 Å². The van der Waals surface area contributed by atoms with Gasteiger partial charge in [0.15, 0.2) is 11.5 Å². The lowest BCUT2D eigenvalue weighted by Gasteiger charge is -2.17. The van der Waals surface area contributed by atoms with Crippen molar-refractivity contribution in [1.82, 2.24) is 15.8 Å². The standard InChI is InChI=1S/C22H31N3O5S/c1-7-28-16-11-15(12-17(29-8-2)19(16)30-9-3)21(26)24-25-22(27)20-14(6)23-18(31-20)10-13(4)5/h11-13H,7-10H2,1-6H3,(H,24,26)(H,25,27). The van der Waals surface area contributed by atoms with Crippen LogP contribution in [-0.4, -0.2) is 36.6 Å². The number of hydrogen-bond donors (Lipinski definition) is 2. The van der Waals surface area contributed by atoms with Crippen molar-refractivity contribution in [1.29, 1.82) is 0 Å². The molecule has 2 N–H and O–H groups in total. The van der Waals surface area contributed by atoms with Gasteiger partial charge in [-0.05, 0) is 45.7 Å². The van der Waals surface area contributed by atoms with E-state index in [1.54, 1.807) is 19.1 Å². The summed E-state index contributed by atoms with van der Waals surface area (Å²) in [5.74, 6) is 0.804. The van der Waals surface area contributed by atoms with Gasteiger partial charge in [-0.1, -0.05) is 13.8 Å². The number of nitrogens with zero attached hydrogens (tertiary/aromatic N) is 1. The second-order valence-corrected chi connectivity index (χ2v) is 8.21. The quantitative estimate of drug-likeness (QED) is 0.534. The van der Waals surface area contributed by atoms with E-state index >= 15 is 0 Å². The third-order valence-corrected chi connectivity index (χ3v) is 5.27. The van der Waals surface area contributed by atoms with Crippen LogP contribution in [0.2, 0.25) is 0 Å². The third-order valence-electron chi connectivity index (χ3n) is 4.09. The highest BCUT2D eigenvalue weighted by atomic mass is 32.1. The van der Waals surface area contributed by atoms with Crippen LogP contribution < -0.4 is 25.1 Å². The summed E-state index contributed by atoms with van der Waals surface area (Å²) in [7, 11) is 0. The van der Waals surface area contributed by atoms with Crippen LogP contribution in [0.3, 0.4) is 0 Å². The molecule has 0 saturated carbocycles. The highest BCUT2D eigenvalue weighted by Crippen LogP contribution is 2.39. The van der Waals surface area contributed by atoms with Crippen LogP contribution in [0.1, 0.15) is 65.3 Å². The monoisotopic (exact) mass is 449 g/mol. The molecule has 0 unspecified atom stereocenters. The average molecular weight is 450 g/mol. The Balaban J connectivity index is 2.17. The molecule has 2 rings (SSSR count). The van der Waals surface area contributed by atoms with Crippen LogP contribution in [0.25, 0.3) is 0 Å². The van der Waals surface area contributed by atoms with Crippen molar-refractivity contribution in [3.05, 3.63) is 33.3 Å². The lowest BCUT2D eigenvalue weighted by molar-refractivity contribution is 0.0848. The van der Waals surface area contributed by atoms with Gasteiger partial charge in [0.1, 0.15) is 4.88 Å². The van der Waals surface area contributed by atoms with Crippen LogP contribution in [0, 0.1) is 12.8 Å². The normalized spacial score (nSPS) is 10.7. The fourth-order valence-electron chi connectivity index (χ4n) is 2.86. The topological polar surface area (TPSA) is 98.8 Å². The maximum atomic E-state index is 12.7. The van der Waals surface area contributed by atoms with Crippen molar-refractivity contribution in [3.63, 3.8) is 0 Å². The number of thiazole rings is 1. The van der Waals surface area contributed by atoms with Gasteiger partial charge in [-0.3, -0.25) is 20.4 Å². The average Bonchev–Trinajstić information content (AvgIpc) is 3.07. The number of hydrogen-bond acceptors (Lipinski definition) is 7. The molecule has 0 aliphatic rings. The van der Waals surface area contributed by atoms with E-state index in [1.807, 2.05) is 20.8 Å². The molecule has 0 atom stereocenters. The Morgan fingerprint density at radius 2 is 1.52 bits per heavy atom. The first-order valence-corrected chi connectivity index (χ1v) is 11.3. The number of amides is 2. The first-order chi connectivity index (χ1) is 14.8. The van der Waals surface area contributed by atoms with Gasteiger partial charge in [0.25, 0.3) is 11.8 Å². The minimum Gasteiger partial charge on any atom is -0.490 e. The predicted octanol–water partition coefficient (Wildman–Crippen LogP) is 3.92. The Hall–Kier alpha value is -2.81. The summed E-state index contributed by atoms with van der Waals surface area (Å²) in [4.78, 5) is 30.2. The van der Waals surface area contributed by atoms with E-state index in [2.05, 4.69) is 29.7 Å². The number of aryl methyl sites for hydroxylation is 1. The third kappa shape index (κ3) is 6.58. The predicted molar refractivity (Wildman–Crippen MR) is 120 cm³/mol. The molecule has 1 aromatic heterocycles. The number of ether oxygens (including phenoxy) is 3. The Bertz CT molecular complexity index is 884. The van der Waals surface area contributed by atoms with E-state index < -0.39 is 11.8 Å². The van der Waals surface area contributed by atoms with Gasteiger partial charge >= 0.3 is 0 Å². The number of nitrogens with one attached hydrogen (secondary N) is 2. The van der Waals surface area contributed by atoms with Gasteiger partial charge in [0.2, 0.25) is 5.75 Å². The maximum absolute atomic E-state index is 12.7. The molecule has 0 bridgehead atoms. The second kappa shape index (κ2) is 11.5. The molecule has 0 spiro atoms. The second-order valence-electron chi connectivity index (χ2n) is 7.13. The van der Waals surface area contributed by atoms with Gasteiger partial charge in [-0.2, -0.15) is 0 Å². The summed E-state index contributed by atoms with van der Waals surface area (Å²) >= 11 is 1.34. The number of carbonyl (C=O) groups excluding carboxylic acids is 2. The molecule has 0 fully saturated rings. The number of aromatic nitrogens is 1. The Morgan fingerprint density at radius 3 is 2.03 bits per heavy atom. The number of benzene rings is 1. The fraction of sp³-hybridized carbons (Fsp3) is 0.500. The summed E-state index contributed by atoms with van der Waals surface area (Å²) in [5.41, 5.74) is 5.84. The van der Waals surface area contributed by atoms with Gasteiger partial charge in [0.05, 0.1) is 30.5 Å². The molecule has 0 aliphatic heterocycles. The molecule has 8 nitrogen and oxygen atoms in total. The van der Waals surface area contributed by atoms with Crippen molar-refractivity contribution in [2.24, 2.45) is 5.92 Å². The van der Waals surface area contributed by atoms with Crippen molar-refractivity contribution in [2.75, 3.05) is 19.8 Å². The fourth-order valence-corrected chi connectivity index (χ4v) is 4.03. The molecular weight excluding hydrogens is 418 g/mol. The SMILES string of the molecule is CCOc1cc(C(=O)NNC(=O)c2sc(CC(C)C)nc2C)cc(OCC)c1OCC. The molecule has 31 heavy (non-hydrogen) atoms. The number of carbonyl (C=O) groups is 2. The van der Waals surface area contributed by atoms with E-state index in [4.69, 9.17) is 14.2 Å². The van der Waals surface area contributed by atoms with Crippen LogP contribution in [0.4, 0.5) is 0 Å². The first kappa shape index (κ1) is 24.5. The summed E-state index contributed by atoms with van der Waals surface area (Å²) in [5, 5.41) is 0.901. The van der Waals surface area contributed by atoms with Gasteiger partial charge in [-0.25, -0.2) is 4.98 Å². The van der Waals surface area contributed by atoms with Crippen LogP contribution >= 0.6 is 11.3 Å². The zero-order valence-corrected chi connectivity index (χ0v) is 19.8. The Kier molecular flexibility index (Phi) is 9.11. The molecular formula is C22H31N3O5S. The van der Waals surface area contributed by atoms with Crippen molar-refractivity contribution < 1.29 is 23.8 Å². The summed E-state index contributed by atoms with van der Waals surface area (Å²) in [6, 6.07) is 3.13. The smallest absolute Gasteiger partial charge is 0.281 e. The molecule has 0 aliphatic carbocycles. The highest BCUT2D eigenvalue weighted by molar-refractivity contribution is 7.13. The van der Waals surface area contributed by atoms with Crippen LogP contribution in [0.5, 0.6) is 17.2 Å². The molecule has 0 radical (unpaired) electrons. The Labute approximate surface area is 187 Å². The first-order valence-electron chi connectivity index (χ1n) is 10.4. The molecule has 0 saturated heterocycles. The minimum absolute atomic E-state index is 0.275. The summed E-state index contributed by atoms with van der Waals surface area (Å²) < 4.78 is 16.9. The van der Waals surface area contributed by atoms with Gasteiger partial charge in [-0.15, -0.1) is 11.3 Å². The number of rotatable bonds is 10. The summed E-state index contributed by atoms with van der Waals surface area (Å²) in [6.07, 6.45) is 0.803. The molecule has 1 heterocycles. The van der Waals surface area contributed by atoms with Crippen molar-refractivity contribution in [2.45, 2.75) is 48.0 Å². The minimum atomic E-state index is -0.497. The largest absolute Gasteiger partial charge is 0.490 e. The van der Waals surface area contributed by atoms with Gasteiger partial charge in [0, 0.05) is 12.0 Å². The molecule has 9 heteroatoms. The highest BCUT2D eigenvalue weighted by Gasteiger charge is 2.20. The van der Waals surface area contributed by atoms with Crippen molar-refractivity contribution >= 4 is 23.2 Å². The lowest BCUT2D eigenvalue weighted by Crippen LogP contribution is -2.41. The number of hydrazine groups is 1. The van der Waals surface area contributed by atoms with Gasteiger partial charge < -0.3 is 14.2 Å². The van der Waals surface area contributed by atoms with E-state index in [1.165, 1.54) is 11.3 Å². The molecule has 2 amide bonds. The molecule has 2 aromatic rings. The Morgan fingerprint density at radius 1 is 0.968 bits per heavy atom. The van der Waals surface area contributed by atoms with Crippen LogP contribution in [0.15, 0.2) is 12.1 Å². The van der Waals surface area contributed by atoms with E-state index in [0.717, 1.165) is 11.4 Å². The zero-order chi connectivity index (χ0) is 23.0. The molecule has 1 aromatic carbocycles. The molecule has 170 valence electrons. The van der Waals surface area contributed by atoms with Crippen molar-refractivity contribution in [3.8, 4) is 17.2 Å². The lowest BCUT2D eigenvalue weighted by atomic mass is 10.1. The zero-order valence-electron chi connectivity index (χ0n) is 19.0. The maximum Gasteiger partial charge on any atom is 0.281 e. The van der Waals surface area contributed by atoms with E-state index in [0.29, 0.717) is 53.6 Å². The van der Waals surface area contributed by atoms with Crippen LogP contribution in [-0.2, 0) is 6.42 Å². The van der Waals surface area contributed by atoms with E-state index in [-0.39, 0.29) is 5.56 Å².